The molecule has 6 nitrogen and oxygen atoms in total. The lowest BCUT2D eigenvalue weighted by atomic mass is 10.2. The van der Waals surface area contributed by atoms with Gasteiger partial charge in [-0.3, -0.25) is 10.9 Å². The van der Waals surface area contributed by atoms with E-state index >= 15 is 0 Å². The first-order valence-corrected chi connectivity index (χ1v) is 8.14. The van der Waals surface area contributed by atoms with Crippen molar-refractivity contribution in [3.05, 3.63) is 46.2 Å². The number of rotatable bonds is 5. The maximum Gasteiger partial charge on any atom is 0.224 e. The Kier molecular flexibility index (Phi) is 4.92. The molecule has 0 amide bonds. The van der Waals surface area contributed by atoms with Gasteiger partial charge >= 0.3 is 0 Å². The number of nitrogens with one attached hydrogen (secondary N) is 2. The van der Waals surface area contributed by atoms with Gasteiger partial charge in [0.05, 0.1) is 25.4 Å². The second-order valence-corrected chi connectivity index (χ2v) is 6.08. The van der Waals surface area contributed by atoms with Gasteiger partial charge < -0.3 is 9.47 Å². The van der Waals surface area contributed by atoms with Crippen LogP contribution in [0.15, 0.2) is 40.9 Å². The zero-order chi connectivity index (χ0) is 17.1. The fourth-order valence-electron chi connectivity index (χ4n) is 2.22. The van der Waals surface area contributed by atoms with Gasteiger partial charge in [0, 0.05) is 15.9 Å². The lowest BCUT2D eigenvalue weighted by Crippen LogP contribution is -2.11. The summed E-state index contributed by atoms with van der Waals surface area (Å²) in [5.41, 5.74) is 7.66. The Bertz CT molecular complexity index is 891. The van der Waals surface area contributed by atoms with Crippen LogP contribution in [0.3, 0.4) is 0 Å². The molecule has 0 fully saturated rings. The van der Waals surface area contributed by atoms with Crippen LogP contribution >= 0.6 is 27.5 Å². The summed E-state index contributed by atoms with van der Waals surface area (Å²) in [4.78, 5) is 8.48. The molecule has 0 atom stereocenters. The van der Waals surface area contributed by atoms with Crippen LogP contribution in [0.2, 0.25) is 5.28 Å². The highest BCUT2D eigenvalue weighted by atomic mass is 79.9. The number of benzene rings is 2. The van der Waals surface area contributed by atoms with E-state index in [4.69, 9.17) is 21.1 Å². The minimum Gasteiger partial charge on any atom is -0.493 e. The molecule has 124 valence electrons. The number of nitrogens with zero attached hydrogens (tertiary/aromatic N) is 2. The summed E-state index contributed by atoms with van der Waals surface area (Å²) < 4.78 is 11.6. The van der Waals surface area contributed by atoms with Crippen molar-refractivity contribution in [3.8, 4) is 11.5 Å². The van der Waals surface area contributed by atoms with E-state index in [1.807, 2.05) is 24.3 Å². The third-order valence-corrected chi connectivity index (χ3v) is 3.99. The van der Waals surface area contributed by atoms with Crippen molar-refractivity contribution in [3.63, 3.8) is 0 Å². The Labute approximate surface area is 152 Å². The lowest BCUT2D eigenvalue weighted by Gasteiger charge is -2.14. The molecule has 0 spiro atoms. The summed E-state index contributed by atoms with van der Waals surface area (Å²) in [6.45, 7) is 0. The van der Waals surface area contributed by atoms with Crippen molar-refractivity contribution in [2.45, 2.75) is 0 Å². The molecule has 0 bridgehead atoms. The largest absolute Gasteiger partial charge is 0.493 e. The number of anilines is 2. The van der Waals surface area contributed by atoms with Gasteiger partial charge in [-0.2, -0.15) is 4.98 Å². The van der Waals surface area contributed by atoms with Gasteiger partial charge in [0.25, 0.3) is 0 Å². The molecule has 24 heavy (non-hydrogen) atoms. The number of hydrazine groups is 1. The van der Waals surface area contributed by atoms with Gasteiger partial charge in [-0.05, 0) is 35.9 Å². The van der Waals surface area contributed by atoms with E-state index in [-0.39, 0.29) is 5.28 Å². The fourth-order valence-corrected chi connectivity index (χ4v) is 2.79. The van der Waals surface area contributed by atoms with Gasteiger partial charge in [-0.15, -0.1) is 0 Å². The maximum atomic E-state index is 6.03. The molecule has 0 saturated carbocycles. The van der Waals surface area contributed by atoms with Crippen molar-refractivity contribution in [1.82, 2.24) is 9.97 Å². The minimum absolute atomic E-state index is 0.133. The van der Waals surface area contributed by atoms with E-state index in [0.717, 1.165) is 15.5 Å². The monoisotopic (exact) mass is 408 g/mol. The average molecular weight is 410 g/mol. The molecule has 3 rings (SSSR count). The summed E-state index contributed by atoms with van der Waals surface area (Å²) in [5, 5.41) is 0.882. The van der Waals surface area contributed by atoms with E-state index in [0.29, 0.717) is 22.8 Å². The zero-order valence-corrected chi connectivity index (χ0v) is 15.3. The smallest absolute Gasteiger partial charge is 0.224 e. The Morgan fingerprint density at radius 1 is 1.00 bits per heavy atom. The van der Waals surface area contributed by atoms with Crippen LogP contribution < -0.4 is 20.3 Å². The highest BCUT2D eigenvalue weighted by molar-refractivity contribution is 9.10. The SMILES string of the molecule is COc1cc2nc(Cl)nc(NNc3cccc(Br)c3)c2cc1OC. The molecule has 1 aromatic heterocycles. The van der Waals surface area contributed by atoms with Crippen molar-refractivity contribution in [2.75, 3.05) is 25.1 Å². The second kappa shape index (κ2) is 7.11. The van der Waals surface area contributed by atoms with Crippen LogP contribution in [0, 0.1) is 0 Å². The lowest BCUT2D eigenvalue weighted by molar-refractivity contribution is 0.356. The molecule has 1 heterocycles. The van der Waals surface area contributed by atoms with Gasteiger partial charge in [-0.25, -0.2) is 4.98 Å². The first-order valence-electron chi connectivity index (χ1n) is 6.97. The minimum atomic E-state index is 0.133. The third kappa shape index (κ3) is 3.47. The Morgan fingerprint density at radius 3 is 2.46 bits per heavy atom. The molecule has 0 unspecified atom stereocenters. The average Bonchev–Trinajstić information content (AvgIpc) is 2.58. The molecule has 0 aliphatic carbocycles. The van der Waals surface area contributed by atoms with Crippen LogP contribution in [-0.4, -0.2) is 24.2 Å². The number of halogens is 2. The van der Waals surface area contributed by atoms with Gasteiger partial charge in [0.1, 0.15) is 0 Å². The van der Waals surface area contributed by atoms with Crippen LogP contribution in [0.4, 0.5) is 11.5 Å². The summed E-state index contributed by atoms with van der Waals surface area (Å²) in [7, 11) is 3.15. The highest BCUT2D eigenvalue weighted by Gasteiger charge is 2.12. The van der Waals surface area contributed by atoms with Crippen LogP contribution in [0.25, 0.3) is 10.9 Å². The van der Waals surface area contributed by atoms with Gasteiger partial charge in [-0.1, -0.05) is 22.0 Å². The normalized spacial score (nSPS) is 10.5. The molecule has 8 heteroatoms. The highest BCUT2D eigenvalue weighted by Crippen LogP contribution is 2.34. The second-order valence-electron chi connectivity index (χ2n) is 4.83. The number of methoxy groups -OCH3 is 2. The molecular weight excluding hydrogens is 396 g/mol. The summed E-state index contributed by atoms with van der Waals surface area (Å²) in [6.07, 6.45) is 0. The third-order valence-electron chi connectivity index (χ3n) is 3.32. The van der Waals surface area contributed by atoms with Crippen molar-refractivity contribution < 1.29 is 9.47 Å². The Morgan fingerprint density at radius 2 is 1.75 bits per heavy atom. The van der Waals surface area contributed by atoms with Crippen LogP contribution in [0.5, 0.6) is 11.5 Å². The van der Waals surface area contributed by atoms with E-state index in [2.05, 4.69) is 36.7 Å². The Hall–Kier alpha value is -2.25. The summed E-state index contributed by atoms with van der Waals surface area (Å²) >= 11 is 9.46. The molecule has 0 aliphatic heterocycles. The number of hydrogen-bond acceptors (Lipinski definition) is 6. The molecular formula is C16H14BrClN4O2. The first kappa shape index (κ1) is 16.6. The van der Waals surface area contributed by atoms with Crippen molar-refractivity contribution in [2.24, 2.45) is 0 Å². The number of hydrogen-bond donors (Lipinski definition) is 2. The molecule has 2 aromatic carbocycles. The zero-order valence-electron chi connectivity index (χ0n) is 12.9. The van der Waals surface area contributed by atoms with Gasteiger partial charge in [0.2, 0.25) is 5.28 Å². The summed E-state index contributed by atoms with van der Waals surface area (Å²) in [6, 6.07) is 11.3. The molecule has 0 radical (unpaired) electrons. The predicted molar refractivity (Wildman–Crippen MR) is 99.0 cm³/mol. The molecule has 3 aromatic rings. The van der Waals surface area contributed by atoms with Crippen LogP contribution in [0.1, 0.15) is 0 Å². The van der Waals surface area contributed by atoms with E-state index in [1.165, 1.54) is 0 Å². The van der Waals surface area contributed by atoms with E-state index in [1.54, 1.807) is 26.4 Å². The molecule has 0 saturated heterocycles. The quantitative estimate of drug-likeness (QED) is 0.478. The van der Waals surface area contributed by atoms with Crippen molar-refractivity contribution in [1.29, 1.82) is 0 Å². The summed E-state index contributed by atoms with van der Waals surface area (Å²) in [5.74, 6) is 1.69. The maximum absolute atomic E-state index is 6.03. The molecule has 2 N–H and O–H groups in total. The predicted octanol–water partition coefficient (Wildman–Crippen LogP) is 4.50. The van der Waals surface area contributed by atoms with Gasteiger partial charge in [0.15, 0.2) is 17.3 Å². The standard InChI is InChI=1S/C16H14BrClN4O2/c1-23-13-7-11-12(8-14(13)24-2)19-16(18)20-15(11)22-21-10-5-3-4-9(17)6-10/h3-8,21H,1-2H3,(H,19,20,22). The van der Waals surface area contributed by atoms with E-state index in [9.17, 15) is 0 Å². The first-order chi connectivity index (χ1) is 11.6. The fraction of sp³-hybridized carbons (Fsp3) is 0.125. The Balaban J connectivity index is 2.00. The van der Waals surface area contributed by atoms with E-state index < -0.39 is 0 Å². The number of aromatic nitrogens is 2. The number of fused-ring (bicyclic) bond motifs is 1. The van der Waals surface area contributed by atoms with Crippen molar-refractivity contribution >= 4 is 49.9 Å². The number of ether oxygens (including phenoxy) is 2. The molecule has 0 aliphatic rings. The van der Waals surface area contributed by atoms with Crippen LogP contribution in [-0.2, 0) is 0 Å². The topological polar surface area (TPSA) is 68.3 Å².